The molecule has 4 nitrogen and oxygen atoms in total. The average molecular weight is 329 g/mol. The van der Waals surface area contributed by atoms with Crippen molar-refractivity contribution < 1.29 is 4.79 Å². The van der Waals surface area contributed by atoms with Gasteiger partial charge in [0.15, 0.2) is 5.82 Å². The number of halogens is 2. The highest BCUT2D eigenvalue weighted by atomic mass is 79.9. The van der Waals surface area contributed by atoms with Gasteiger partial charge in [0.1, 0.15) is 0 Å². The van der Waals surface area contributed by atoms with Gasteiger partial charge in [0, 0.05) is 26.8 Å². The Kier molecular flexibility index (Phi) is 4.04. The number of nitrogens with zero attached hydrogens (tertiary/aromatic N) is 1. The standard InChI is InChI=1S/C12H11BrClN3O/c1-2-10-6-11(17-16-10)15-12(18)7-3-8(13)5-9(14)4-7/h3-6H,2H2,1H3,(H2,15,16,17,18). The molecule has 94 valence electrons. The van der Waals surface area contributed by atoms with Crippen molar-refractivity contribution in [3.8, 4) is 0 Å². The molecule has 1 heterocycles. The van der Waals surface area contributed by atoms with Crippen LogP contribution in [-0.2, 0) is 6.42 Å². The molecular weight excluding hydrogens is 318 g/mol. The van der Waals surface area contributed by atoms with Crippen LogP contribution in [0.3, 0.4) is 0 Å². The van der Waals surface area contributed by atoms with Crippen LogP contribution in [0.5, 0.6) is 0 Å². The largest absolute Gasteiger partial charge is 0.305 e. The van der Waals surface area contributed by atoms with Crippen molar-refractivity contribution in [3.05, 3.63) is 45.0 Å². The molecule has 0 radical (unpaired) electrons. The van der Waals surface area contributed by atoms with Crippen LogP contribution < -0.4 is 5.32 Å². The highest BCUT2D eigenvalue weighted by Gasteiger charge is 2.09. The SMILES string of the molecule is CCc1cc(NC(=O)c2cc(Cl)cc(Br)c2)n[nH]1. The van der Waals surface area contributed by atoms with Crippen molar-refractivity contribution in [2.24, 2.45) is 0 Å². The smallest absolute Gasteiger partial charge is 0.256 e. The summed E-state index contributed by atoms with van der Waals surface area (Å²) in [6.45, 7) is 2.01. The van der Waals surface area contributed by atoms with Crippen LogP contribution in [0.1, 0.15) is 23.0 Å². The summed E-state index contributed by atoms with van der Waals surface area (Å²) in [6, 6.07) is 6.84. The van der Waals surface area contributed by atoms with E-state index in [1.165, 1.54) is 0 Å². The molecule has 0 unspecified atom stereocenters. The highest BCUT2D eigenvalue weighted by molar-refractivity contribution is 9.10. The molecule has 0 aliphatic carbocycles. The van der Waals surface area contributed by atoms with E-state index in [-0.39, 0.29) is 5.91 Å². The Morgan fingerprint density at radius 3 is 2.83 bits per heavy atom. The third-order valence-corrected chi connectivity index (χ3v) is 3.05. The van der Waals surface area contributed by atoms with E-state index in [4.69, 9.17) is 11.6 Å². The van der Waals surface area contributed by atoms with Crippen LogP contribution >= 0.6 is 27.5 Å². The minimum atomic E-state index is -0.243. The minimum absolute atomic E-state index is 0.243. The fourth-order valence-electron chi connectivity index (χ4n) is 1.48. The first-order valence-electron chi connectivity index (χ1n) is 5.40. The first-order chi connectivity index (χ1) is 8.58. The summed E-state index contributed by atoms with van der Waals surface area (Å²) in [5.74, 6) is 0.264. The number of nitrogens with one attached hydrogen (secondary N) is 2. The normalized spacial score (nSPS) is 10.4. The van der Waals surface area contributed by atoms with Gasteiger partial charge in [-0.3, -0.25) is 9.89 Å². The summed E-state index contributed by atoms with van der Waals surface area (Å²) in [5.41, 5.74) is 1.45. The van der Waals surface area contributed by atoms with Crippen molar-refractivity contribution in [2.75, 3.05) is 5.32 Å². The molecule has 2 aromatic rings. The third kappa shape index (κ3) is 3.11. The maximum Gasteiger partial charge on any atom is 0.256 e. The number of aromatic amines is 1. The Balaban J connectivity index is 2.16. The van der Waals surface area contributed by atoms with Crippen LogP contribution in [0.4, 0.5) is 5.82 Å². The number of anilines is 1. The Morgan fingerprint density at radius 2 is 2.22 bits per heavy atom. The molecule has 2 N–H and O–H groups in total. The summed E-state index contributed by atoms with van der Waals surface area (Å²) in [5, 5.41) is 10.0. The van der Waals surface area contributed by atoms with Gasteiger partial charge in [-0.05, 0) is 24.6 Å². The van der Waals surface area contributed by atoms with E-state index in [0.29, 0.717) is 16.4 Å². The topological polar surface area (TPSA) is 57.8 Å². The summed E-state index contributed by atoms with van der Waals surface area (Å²) >= 11 is 9.19. The van der Waals surface area contributed by atoms with Gasteiger partial charge < -0.3 is 5.32 Å². The zero-order valence-electron chi connectivity index (χ0n) is 9.63. The second-order valence-corrected chi connectivity index (χ2v) is 5.10. The number of H-pyrrole nitrogens is 1. The molecule has 0 bridgehead atoms. The molecule has 0 aliphatic rings. The predicted molar refractivity (Wildman–Crippen MR) is 75.1 cm³/mol. The van der Waals surface area contributed by atoms with Crippen LogP contribution in [0, 0.1) is 0 Å². The van der Waals surface area contributed by atoms with Gasteiger partial charge in [-0.15, -0.1) is 0 Å². The minimum Gasteiger partial charge on any atom is -0.305 e. The Hall–Kier alpha value is -1.33. The van der Waals surface area contributed by atoms with Gasteiger partial charge in [-0.2, -0.15) is 5.10 Å². The van der Waals surface area contributed by atoms with E-state index in [9.17, 15) is 4.79 Å². The number of rotatable bonds is 3. The van der Waals surface area contributed by atoms with Gasteiger partial charge in [0.2, 0.25) is 0 Å². The van der Waals surface area contributed by atoms with E-state index in [1.807, 2.05) is 6.92 Å². The van der Waals surface area contributed by atoms with Gasteiger partial charge in [0.05, 0.1) is 0 Å². The second-order valence-electron chi connectivity index (χ2n) is 3.74. The monoisotopic (exact) mass is 327 g/mol. The van der Waals surface area contributed by atoms with Gasteiger partial charge in [0.25, 0.3) is 5.91 Å². The molecule has 1 amide bonds. The van der Waals surface area contributed by atoms with Gasteiger partial charge in [-0.25, -0.2) is 0 Å². The first-order valence-corrected chi connectivity index (χ1v) is 6.57. The molecule has 0 spiro atoms. The molecule has 0 saturated heterocycles. The zero-order valence-corrected chi connectivity index (χ0v) is 12.0. The average Bonchev–Trinajstić information content (AvgIpc) is 2.75. The number of benzene rings is 1. The number of aromatic nitrogens is 2. The zero-order chi connectivity index (χ0) is 13.1. The fraction of sp³-hybridized carbons (Fsp3) is 0.167. The summed E-state index contributed by atoms with van der Waals surface area (Å²) in [6.07, 6.45) is 0.839. The lowest BCUT2D eigenvalue weighted by Gasteiger charge is -2.03. The van der Waals surface area contributed by atoms with Crippen LogP contribution in [0.2, 0.25) is 5.02 Å². The van der Waals surface area contributed by atoms with Crippen LogP contribution in [-0.4, -0.2) is 16.1 Å². The molecule has 0 aliphatic heterocycles. The molecule has 1 aromatic heterocycles. The Morgan fingerprint density at radius 1 is 1.44 bits per heavy atom. The van der Waals surface area contributed by atoms with Crippen molar-refractivity contribution in [2.45, 2.75) is 13.3 Å². The predicted octanol–water partition coefficient (Wildman–Crippen LogP) is 3.64. The molecule has 0 fully saturated rings. The molecule has 0 atom stereocenters. The number of carbonyl (C=O) groups excluding carboxylic acids is 1. The van der Waals surface area contributed by atoms with E-state index in [2.05, 4.69) is 31.4 Å². The molecule has 18 heavy (non-hydrogen) atoms. The maximum atomic E-state index is 12.0. The van der Waals surface area contributed by atoms with Crippen molar-refractivity contribution >= 4 is 39.3 Å². The van der Waals surface area contributed by atoms with E-state index < -0.39 is 0 Å². The summed E-state index contributed by atoms with van der Waals surface area (Å²) in [7, 11) is 0. The maximum absolute atomic E-state index is 12.0. The van der Waals surface area contributed by atoms with Gasteiger partial charge >= 0.3 is 0 Å². The van der Waals surface area contributed by atoms with Crippen molar-refractivity contribution in [3.63, 3.8) is 0 Å². The number of amides is 1. The third-order valence-electron chi connectivity index (χ3n) is 2.38. The molecular formula is C12H11BrClN3O. The number of hydrogen-bond acceptors (Lipinski definition) is 2. The van der Waals surface area contributed by atoms with Gasteiger partial charge in [-0.1, -0.05) is 34.5 Å². The van der Waals surface area contributed by atoms with Crippen LogP contribution in [0.15, 0.2) is 28.7 Å². The molecule has 1 aromatic carbocycles. The molecule has 2 rings (SSSR count). The van der Waals surface area contributed by atoms with Crippen LogP contribution in [0.25, 0.3) is 0 Å². The lowest BCUT2D eigenvalue weighted by molar-refractivity contribution is 0.102. The fourth-order valence-corrected chi connectivity index (χ4v) is 2.34. The molecule has 6 heteroatoms. The van der Waals surface area contributed by atoms with E-state index in [1.54, 1.807) is 24.3 Å². The lowest BCUT2D eigenvalue weighted by atomic mass is 10.2. The Bertz CT molecular complexity index is 562. The summed E-state index contributed by atoms with van der Waals surface area (Å²) in [4.78, 5) is 12.0. The van der Waals surface area contributed by atoms with Crippen molar-refractivity contribution in [1.29, 1.82) is 0 Å². The lowest BCUT2D eigenvalue weighted by Crippen LogP contribution is -2.12. The highest BCUT2D eigenvalue weighted by Crippen LogP contribution is 2.20. The van der Waals surface area contributed by atoms with Crippen molar-refractivity contribution in [1.82, 2.24) is 10.2 Å². The van der Waals surface area contributed by atoms with E-state index >= 15 is 0 Å². The number of aryl methyl sites for hydroxylation is 1. The first kappa shape index (κ1) is 13.1. The quantitative estimate of drug-likeness (QED) is 0.903. The number of hydrogen-bond donors (Lipinski definition) is 2. The summed E-state index contributed by atoms with van der Waals surface area (Å²) < 4.78 is 0.761. The van der Waals surface area contributed by atoms with E-state index in [0.717, 1.165) is 16.6 Å². The molecule has 0 saturated carbocycles. The Labute approximate surface area is 118 Å². The second kappa shape index (κ2) is 5.54. The number of carbonyl (C=O) groups is 1.